The van der Waals surface area contributed by atoms with E-state index in [4.69, 9.17) is 17.0 Å². The number of carbonyl (C=O) groups is 1. The van der Waals surface area contributed by atoms with Crippen LogP contribution < -0.4 is 10.3 Å². The van der Waals surface area contributed by atoms with Crippen LogP contribution in [0.4, 0.5) is 0 Å². The van der Waals surface area contributed by atoms with E-state index in [-0.39, 0.29) is 34.6 Å². The molecule has 1 amide bonds. The van der Waals surface area contributed by atoms with Crippen LogP contribution >= 0.6 is 12.2 Å². The number of carbonyl (C=O) groups excluding carboxylic acids is 1. The van der Waals surface area contributed by atoms with E-state index in [1.165, 1.54) is 9.58 Å². The van der Waals surface area contributed by atoms with E-state index in [0.29, 0.717) is 25.3 Å². The molecule has 31 heavy (non-hydrogen) atoms. The van der Waals surface area contributed by atoms with Crippen LogP contribution in [0.2, 0.25) is 0 Å². The summed E-state index contributed by atoms with van der Waals surface area (Å²) in [4.78, 5) is 27.9. The molecule has 0 radical (unpaired) electrons. The number of benzene rings is 1. The Morgan fingerprint density at radius 1 is 1.29 bits per heavy atom. The van der Waals surface area contributed by atoms with Gasteiger partial charge in [-0.1, -0.05) is 32.4 Å². The molecule has 8 nitrogen and oxygen atoms in total. The number of hydrogen-bond acceptors (Lipinski definition) is 6. The first-order valence-electron chi connectivity index (χ1n) is 10.6. The van der Waals surface area contributed by atoms with Crippen LogP contribution in [0, 0.1) is 4.77 Å². The van der Waals surface area contributed by atoms with E-state index in [9.17, 15) is 14.7 Å². The van der Waals surface area contributed by atoms with Crippen molar-refractivity contribution in [2.24, 2.45) is 5.10 Å². The highest BCUT2D eigenvalue weighted by atomic mass is 32.1. The molecule has 1 atom stereocenters. The second-order valence-electron chi connectivity index (χ2n) is 7.32. The summed E-state index contributed by atoms with van der Waals surface area (Å²) in [6.45, 7) is 6.76. The lowest BCUT2D eigenvalue weighted by molar-refractivity contribution is -0.132. The van der Waals surface area contributed by atoms with E-state index < -0.39 is 5.56 Å². The Kier molecular flexibility index (Phi) is 7.27. The van der Waals surface area contributed by atoms with Crippen LogP contribution in [0.5, 0.6) is 11.6 Å². The molecule has 0 unspecified atom stereocenters. The lowest BCUT2D eigenvalue weighted by atomic mass is 9.99. The van der Waals surface area contributed by atoms with Gasteiger partial charge in [-0.25, -0.2) is 5.01 Å². The number of unbranched alkanes of at least 4 members (excludes halogenated alkanes) is 1. The molecule has 1 aliphatic heterocycles. The van der Waals surface area contributed by atoms with Gasteiger partial charge in [0.1, 0.15) is 11.3 Å². The molecule has 0 bridgehead atoms. The SMILES string of the molecule is CCCCn1c(O)c(C2=NN(C(=O)CC)[C@@H](c3ccc(OCC)cc3)C2)c(=O)[nH]c1=S. The summed E-state index contributed by atoms with van der Waals surface area (Å²) in [5, 5.41) is 16.7. The third-order valence-electron chi connectivity index (χ3n) is 5.24. The quantitative estimate of drug-likeness (QED) is 0.602. The average Bonchev–Trinajstić information content (AvgIpc) is 3.18. The summed E-state index contributed by atoms with van der Waals surface area (Å²) >= 11 is 5.22. The van der Waals surface area contributed by atoms with Gasteiger partial charge < -0.3 is 9.84 Å². The zero-order valence-corrected chi connectivity index (χ0v) is 18.9. The summed E-state index contributed by atoms with van der Waals surface area (Å²) in [6.07, 6.45) is 2.29. The number of hydrogen-bond donors (Lipinski definition) is 2. The highest BCUT2D eigenvalue weighted by molar-refractivity contribution is 7.71. The highest BCUT2D eigenvalue weighted by Crippen LogP contribution is 2.35. The van der Waals surface area contributed by atoms with E-state index >= 15 is 0 Å². The molecule has 9 heteroatoms. The van der Waals surface area contributed by atoms with Gasteiger partial charge in [0.25, 0.3) is 5.56 Å². The van der Waals surface area contributed by atoms with Crippen molar-refractivity contribution in [2.75, 3.05) is 6.61 Å². The Morgan fingerprint density at radius 2 is 2.00 bits per heavy atom. The lowest BCUT2D eigenvalue weighted by Gasteiger charge is -2.21. The molecule has 2 N–H and O–H groups in total. The zero-order valence-electron chi connectivity index (χ0n) is 18.1. The predicted octanol–water partition coefficient (Wildman–Crippen LogP) is 3.90. The topological polar surface area (TPSA) is 99.9 Å². The number of hydrazone groups is 1. The van der Waals surface area contributed by atoms with Gasteiger partial charge in [-0.15, -0.1) is 0 Å². The number of aromatic amines is 1. The number of H-pyrrole nitrogens is 1. The molecule has 1 aromatic heterocycles. The largest absolute Gasteiger partial charge is 0.494 e. The maximum atomic E-state index is 12.7. The van der Waals surface area contributed by atoms with Crippen LogP contribution in [0.15, 0.2) is 34.2 Å². The Hall–Kier alpha value is -2.94. The minimum atomic E-state index is -0.509. The molecular formula is C22H28N4O4S. The summed E-state index contributed by atoms with van der Waals surface area (Å²) in [6, 6.07) is 7.11. The third-order valence-corrected chi connectivity index (χ3v) is 5.56. The number of aromatic nitrogens is 2. The van der Waals surface area contributed by atoms with Gasteiger partial charge >= 0.3 is 0 Å². The fraction of sp³-hybridized carbons (Fsp3) is 0.455. The van der Waals surface area contributed by atoms with Crippen molar-refractivity contribution >= 4 is 23.8 Å². The van der Waals surface area contributed by atoms with Crippen molar-refractivity contribution in [3.63, 3.8) is 0 Å². The monoisotopic (exact) mass is 444 g/mol. The Labute approximate surface area is 186 Å². The molecule has 1 aliphatic rings. The van der Waals surface area contributed by atoms with Gasteiger partial charge in [-0.3, -0.25) is 19.1 Å². The van der Waals surface area contributed by atoms with Gasteiger partial charge in [0.05, 0.1) is 18.4 Å². The summed E-state index contributed by atoms with van der Waals surface area (Å²) in [7, 11) is 0. The van der Waals surface area contributed by atoms with Crippen LogP contribution in [0.3, 0.4) is 0 Å². The van der Waals surface area contributed by atoms with Gasteiger partial charge in [-0.2, -0.15) is 5.10 Å². The predicted molar refractivity (Wildman–Crippen MR) is 121 cm³/mol. The van der Waals surface area contributed by atoms with E-state index in [1.807, 2.05) is 38.1 Å². The fourth-order valence-corrected chi connectivity index (χ4v) is 3.88. The number of ether oxygens (including phenoxy) is 1. The zero-order chi connectivity index (χ0) is 22.5. The number of amides is 1. The third kappa shape index (κ3) is 4.71. The summed E-state index contributed by atoms with van der Waals surface area (Å²) < 4.78 is 7.17. The van der Waals surface area contributed by atoms with Crippen LogP contribution in [-0.4, -0.2) is 37.9 Å². The fourth-order valence-electron chi connectivity index (χ4n) is 3.61. The summed E-state index contributed by atoms with van der Waals surface area (Å²) in [5.41, 5.74) is 0.788. The second kappa shape index (κ2) is 9.91. The number of nitrogens with zero attached hydrogens (tertiary/aromatic N) is 3. The maximum absolute atomic E-state index is 12.7. The molecule has 1 aromatic carbocycles. The molecule has 0 saturated heterocycles. The molecule has 2 heterocycles. The molecule has 0 saturated carbocycles. The second-order valence-corrected chi connectivity index (χ2v) is 7.71. The normalized spacial score (nSPS) is 15.8. The van der Waals surface area contributed by atoms with Gasteiger partial charge in [0.2, 0.25) is 11.8 Å². The highest BCUT2D eigenvalue weighted by Gasteiger charge is 2.35. The van der Waals surface area contributed by atoms with Crippen LogP contribution in [0.1, 0.15) is 63.6 Å². The first-order valence-corrected chi connectivity index (χ1v) is 11.0. The smallest absolute Gasteiger partial charge is 0.264 e. The van der Waals surface area contributed by atoms with E-state index in [2.05, 4.69) is 10.1 Å². The van der Waals surface area contributed by atoms with Gasteiger partial charge in [0.15, 0.2) is 4.77 Å². The van der Waals surface area contributed by atoms with E-state index in [0.717, 1.165) is 24.2 Å². The maximum Gasteiger partial charge on any atom is 0.264 e. The molecule has 0 aliphatic carbocycles. The van der Waals surface area contributed by atoms with Gasteiger partial charge in [0, 0.05) is 19.4 Å². The molecule has 166 valence electrons. The van der Waals surface area contributed by atoms with Crippen LogP contribution in [-0.2, 0) is 11.3 Å². The number of rotatable bonds is 8. The number of aromatic hydroxyl groups is 1. The molecule has 0 fully saturated rings. The Morgan fingerprint density at radius 3 is 2.61 bits per heavy atom. The van der Waals surface area contributed by atoms with Crippen molar-refractivity contribution in [2.45, 2.75) is 59.0 Å². The van der Waals surface area contributed by atoms with Crippen molar-refractivity contribution in [3.8, 4) is 11.6 Å². The minimum absolute atomic E-state index is 0.0621. The first-order chi connectivity index (χ1) is 14.9. The van der Waals surface area contributed by atoms with E-state index in [1.54, 1.807) is 6.92 Å². The average molecular weight is 445 g/mol. The first kappa shape index (κ1) is 22.7. The Bertz CT molecular complexity index is 1090. The molecule has 0 spiro atoms. The van der Waals surface area contributed by atoms with Crippen molar-refractivity contribution in [1.82, 2.24) is 14.6 Å². The van der Waals surface area contributed by atoms with Crippen molar-refractivity contribution < 1.29 is 14.6 Å². The van der Waals surface area contributed by atoms with Crippen molar-refractivity contribution in [3.05, 3.63) is 50.5 Å². The summed E-state index contributed by atoms with van der Waals surface area (Å²) in [5.74, 6) is 0.367. The number of nitrogens with one attached hydrogen (secondary N) is 1. The Balaban J connectivity index is 2.02. The lowest BCUT2D eigenvalue weighted by Crippen LogP contribution is -2.26. The standard InChI is InChI=1S/C22H28N4O4S/c1-4-7-12-25-21(29)19(20(28)23-22(25)31)16-13-17(26(24-16)18(27)5-2)14-8-10-15(11-9-14)30-6-3/h8-11,17,29H,4-7,12-13H2,1-3H3,(H,23,28,31)/t17-/m1/s1. The molecular weight excluding hydrogens is 416 g/mol. The van der Waals surface area contributed by atoms with Gasteiger partial charge in [-0.05, 0) is 43.3 Å². The molecule has 3 rings (SSSR count). The molecule has 2 aromatic rings. The minimum Gasteiger partial charge on any atom is -0.494 e. The van der Waals surface area contributed by atoms with Crippen molar-refractivity contribution in [1.29, 1.82) is 0 Å². The van der Waals surface area contributed by atoms with Crippen LogP contribution in [0.25, 0.3) is 0 Å².